The Bertz CT molecular complexity index is 893. The van der Waals surface area contributed by atoms with Crippen LogP contribution in [0, 0.1) is 5.82 Å². The normalized spacial score (nSPS) is 16.7. The van der Waals surface area contributed by atoms with Crippen molar-refractivity contribution in [3.8, 4) is 0 Å². The van der Waals surface area contributed by atoms with Crippen molar-refractivity contribution >= 4 is 11.7 Å². The Morgan fingerprint density at radius 2 is 1.96 bits per heavy atom. The van der Waals surface area contributed by atoms with Crippen LogP contribution in [0.4, 0.5) is 14.9 Å². The smallest absolute Gasteiger partial charge is 0.322 e. The van der Waals surface area contributed by atoms with Crippen molar-refractivity contribution in [1.82, 2.24) is 15.5 Å². The third-order valence-corrected chi connectivity index (χ3v) is 4.91. The Kier molecular flexibility index (Phi) is 3.99. The van der Waals surface area contributed by atoms with Gasteiger partial charge >= 0.3 is 6.03 Å². The van der Waals surface area contributed by atoms with E-state index in [1.807, 2.05) is 0 Å². The van der Waals surface area contributed by atoms with E-state index in [2.05, 4.69) is 15.5 Å². The summed E-state index contributed by atoms with van der Waals surface area (Å²) in [4.78, 5) is 25.2. The Morgan fingerprint density at radius 1 is 1.16 bits per heavy atom. The van der Waals surface area contributed by atoms with E-state index in [-0.39, 0.29) is 17.3 Å². The molecule has 0 radical (unpaired) electrons. The Labute approximate surface area is 144 Å². The number of amides is 2. The molecule has 1 aliphatic carbocycles. The van der Waals surface area contributed by atoms with Crippen LogP contribution in [0.15, 0.2) is 23.0 Å². The van der Waals surface area contributed by atoms with E-state index in [0.717, 1.165) is 48.1 Å². The van der Waals surface area contributed by atoms with Crippen molar-refractivity contribution in [3.63, 3.8) is 0 Å². The van der Waals surface area contributed by atoms with E-state index in [1.54, 1.807) is 12.1 Å². The fraction of sp³-hybridized carbons (Fsp3) is 0.389. The summed E-state index contributed by atoms with van der Waals surface area (Å²) >= 11 is 0. The highest BCUT2D eigenvalue weighted by molar-refractivity contribution is 5.94. The number of urea groups is 1. The van der Waals surface area contributed by atoms with Crippen LogP contribution < -0.4 is 15.8 Å². The number of fused-ring (bicyclic) bond motifs is 1. The second kappa shape index (κ2) is 6.31. The molecule has 7 heteroatoms. The average molecular weight is 342 g/mol. The molecule has 2 N–H and O–H groups in total. The van der Waals surface area contributed by atoms with Crippen molar-refractivity contribution in [1.29, 1.82) is 0 Å². The number of carbonyl (C=O) groups is 1. The summed E-state index contributed by atoms with van der Waals surface area (Å²) in [5.41, 5.74) is 3.73. The van der Waals surface area contributed by atoms with Crippen LogP contribution in [-0.2, 0) is 19.3 Å². The van der Waals surface area contributed by atoms with Gasteiger partial charge in [-0.3, -0.25) is 9.69 Å². The first-order valence-electron chi connectivity index (χ1n) is 8.56. The van der Waals surface area contributed by atoms with E-state index in [0.29, 0.717) is 19.5 Å². The minimum atomic E-state index is -0.419. The maximum Gasteiger partial charge on any atom is 0.322 e. The number of aromatic amines is 1. The van der Waals surface area contributed by atoms with Crippen molar-refractivity contribution in [2.45, 2.75) is 32.1 Å². The molecular weight excluding hydrogens is 323 g/mol. The van der Waals surface area contributed by atoms with Crippen molar-refractivity contribution < 1.29 is 9.18 Å². The maximum atomic E-state index is 14.2. The van der Waals surface area contributed by atoms with Gasteiger partial charge in [0.05, 0.1) is 11.4 Å². The topological polar surface area (TPSA) is 78.1 Å². The van der Waals surface area contributed by atoms with Gasteiger partial charge in [-0.1, -0.05) is 6.07 Å². The zero-order valence-corrected chi connectivity index (χ0v) is 13.8. The second-order valence-electron chi connectivity index (χ2n) is 6.51. The van der Waals surface area contributed by atoms with Gasteiger partial charge in [-0.2, -0.15) is 5.10 Å². The molecule has 0 bridgehead atoms. The summed E-state index contributed by atoms with van der Waals surface area (Å²) in [5.74, 6) is -0.419. The molecule has 1 aromatic heterocycles. The van der Waals surface area contributed by atoms with E-state index < -0.39 is 5.82 Å². The number of nitrogens with one attached hydrogen (secondary N) is 2. The fourth-order valence-corrected chi connectivity index (χ4v) is 3.64. The van der Waals surface area contributed by atoms with Crippen LogP contribution in [0.5, 0.6) is 0 Å². The highest BCUT2D eigenvalue weighted by Crippen LogP contribution is 2.26. The van der Waals surface area contributed by atoms with E-state index in [1.165, 1.54) is 11.0 Å². The van der Waals surface area contributed by atoms with E-state index >= 15 is 0 Å². The molecule has 0 saturated carbocycles. The Hall–Kier alpha value is -2.70. The predicted molar refractivity (Wildman–Crippen MR) is 91.5 cm³/mol. The summed E-state index contributed by atoms with van der Waals surface area (Å²) in [6.07, 6.45) is 4.20. The lowest BCUT2D eigenvalue weighted by Gasteiger charge is -2.19. The molecule has 0 atom stereocenters. The lowest BCUT2D eigenvalue weighted by atomic mass is 9.90. The molecule has 2 aromatic rings. The summed E-state index contributed by atoms with van der Waals surface area (Å²) in [6.45, 7) is 0.961. The van der Waals surface area contributed by atoms with Crippen LogP contribution in [0.3, 0.4) is 0 Å². The van der Waals surface area contributed by atoms with Crippen molar-refractivity contribution in [2.75, 3.05) is 18.0 Å². The Morgan fingerprint density at radius 3 is 2.72 bits per heavy atom. The molecule has 4 rings (SSSR count). The largest absolute Gasteiger partial charge is 0.336 e. The SMILES string of the molecule is O=C1NCCN1c1cc(Cc2n[nH]c(=O)c3c2CCCC3)ccc1F. The first kappa shape index (κ1) is 15.8. The molecule has 1 saturated heterocycles. The van der Waals surface area contributed by atoms with Gasteiger partial charge in [0.1, 0.15) is 5.82 Å². The van der Waals surface area contributed by atoms with Gasteiger partial charge in [0.25, 0.3) is 5.56 Å². The summed E-state index contributed by atoms with van der Waals surface area (Å²) in [6, 6.07) is 4.50. The first-order chi connectivity index (χ1) is 12.1. The minimum absolute atomic E-state index is 0.105. The van der Waals surface area contributed by atoms with Gasteiger partial charge in [-0.25, -0.2) is 14.3 Å². The quantitative estimate of drug-likeness (QED) is 0.894. The summed E-state index contributed by atoms with van der Waals surface area (Å²) in [7, 11) is 0. The first-order valence-corrected chi connectivity index (χ1v) is 8.56. The molecule has 6 nitrogen and oxygen atoms in total. The number of nitrogens with zero attached hydrogens (tertiary/aromatic N) is 2. The molecule has 130 valence electrons. The molecule has 2 heterocycles. The number of anilines is 1. The third kappa shape index (κ3) is 2.90. The summed E-state index contributed by atoms with van der Waals surface area (Å²) < 4.78 is 14.2. The van der Waals surface area contributed by atoms with E-state index in [9.17, 15) is 14.0 Å². The predicted octanol–water partition coefficient (Wildman–Crippen LogP) is 1.91. The van der Waals surface area contributed by atoms with Gasteiger partial charge in [-0.05, 0) is 48.9 Å². The third-order valence-electron chi connectivity index (χ3n) is 4.91. The number of hydrogen-bond acceptors (Lipinski definition) is 3. The molecule has 1 aromatic carbocycles. The monoisotopic (exact) mass is 342 g/mol. The number of carbonyl (C=O) groups excluding carboxylic acids is 1. The lowest BCUT2D eigenvalue weighted by Crippen LogP contribution is -2.28. The zero-order valence-electron chi connectivity index (χ0n) is 13.8. The second-order valence-corrected chi connectivity index (χ2v) is 6.51. The highest BCUT2D eigenvalue weighted by Gasteiger charge is 2.24. The molecule has 2 aliphatic rings. The maximum absolute atomic E-state index is 14.2. The van der Waals surface area contributed by atoms with Crippen molar-refractivity contribution in [2.24, 2.45) is 0 Å². The van der Waals surface area contributed by atoms with Gasteiger partial charge in [0.15, 0.2) is 0 Å². The van der Waals surface area contributed by atoms with Crippen LogP contribution in [0.1, 0.15) is 35.2 Å². The molecule has 25 heavy (non-hydrogen) atoms. The van der Waals surface area contributed by atoms with Crippen LogP contribution >= 0.6 is 0 Å². The highest BCUT2D eigenvalue weighted by atomic mass is 19.1. The van der Waals surface area contributed by atoms with Crippen LogP contribution in [-0.4, -0.2) is 29.3 Å². The molecule has 0 spiro atoms. The van der Waals surface area contributed by atoms with E-state index in [4.69, 9.17) is 0 Å². The zero-order chi connectivity index (χ0) is 17.4. The van der Waals surface area contributed by atoms with Gasteiger partial charge in [0, 0.05) is 25.1 Å². The van der Waals surface area contributed by atoms with Gasteiger partial charge < -0.3 is 5.32 Å². The number of H-pyrrole nitrogens is 1. The lowest BCUT2D eigenvalue weighted by molar-refractivity contribution is 0.252. The minimum Gasteiger partial charge on any atom is -0.336 e. The molecule has 0 unspecified atom stereocenters. The van der Waals surface area contributed by atoms with Gasteiger partial charge in [0.2, 0.25) is 0 Å². The Balaban J connectivity index is 1.68. The fourth-order valence-electron chi connectivity index (χ4n) is 3.64. The average Bonchev–Trinajstić information content (AvgIpc) is 3.05. The molecule has 1 aliphatic heterocycles. The number of rotatable bonds is 3. The number of aromatic nitrogens is 2. The standard InChI is InChI=1S/C18H19FN4O2/c19-14-6-5-11(10-16(14)23-8-7-20-18(23)25)9-15-12-3-1-2-4-13(12)17(24)22-21-15/h5-6,10H,1-4,7-9H2,(H,20,25)(H,22,24). The van der Waals surface area contributed by atoms with Gasteiger partial charge in [-0.15, -0.1) is 0 Å². The molecule has 2 amide bonds. The molecular formula is C18H19FN4O2. The van der Waals surface area contributed by atoms with Crippen molar-refractivity contribution in [3.05, 3.63) is 56.8 Å². The van der Waals surface area contributed by atoms with Crippen LogP contribution in [0.25, 0.3) is 0 Å². The number of halogens is 1. The number of benzene rings is 1. The van der Waals surface area contributed by atoms with Crippen LogP contribution in [0.2, 0.25) is 0 Å². The molecule has 1 fully saturated rings. The summed E-state index contributed by atoms with van der Waals surface area (Å²) in [5, 5.41) is 9.49. The number of hydrogen-bond donors (Lipinski definition) is 2.